The molecule has 0 bridgehead atoms. The van der Waals surface area contributed by atoms with Crippen LogP contribution in [0.25, 0.3) is 0 Å². The number of aryl methyl sites for hydroxylation is 1. The van der Waals surface area contributed by atoms with Crippen molar-refractivity contribution < 1.29 is 14.3 Å². The summed E-state index contributed by atoms with van der Waals surface area (Å²) in [7, 11) is 5.28. The lowest BCUT2D eigenvalue weighted by molar-refractivity contribution is 0.0782. The highest BCUT2D eigenvalue weighted by Crippen LogP contribution is 2.28. The smallest absolute Gasteiger partial charge is 0.257 e. The van der Waals surface area contributed by atoms with E-state index in [2.05, 4.69) is 5.10 Å². The highest BCUT2D eigenvalue weighted by Gasteiger charge is 2.28. The molecule has 1 fully saturated rings. The third kappa shape index (κ3) is 3.28. The molecule has 0 unspecified atom stereocenters. The number of aromatic nitrogens is 2. The molecule has 1 atom stereocenters. The molecule has 6 nitrogen and oxygen atoms in total. The van der Waals surface area contributed by atoms with Gasteiger partial charge in [-0.3, -0.25) is 9.48 Å². The largest absolute Gasteiger partial charge is 0.496 e. The minimum atomic E-state index is -0.0316. The fourth-order valence-electron chi connectivity index (χ4n) is 3.09. The predicted molar refractivity (Wildman–Crippen MR) is 90.2 cm³/mol. The van der Waals surface area contributed by atoms with Crippen molar-refractivity contribution >= 4 is 5.91 Å². The number of para-hydroxylation sites is 1. The number of hydrogen-bond donors (Lipinski definition) is 0. The zero-order valence-corrected chi connectivity index (χ0v) is 14.4. The fraction of sp³-hybridized carbons (Fsp3) is 0.444. The van der Waals surface area contributed by atoms with E-state index in [1.165, 1.54) is 0 Å². The number of ether oxygens (including phenoxy) is 2. The number of amides is 1. The van der Waals surface area contributed by atoms with Gasteiger partial charge in [0.1, 0.15) is 5.75 Å². The molecule has 1 amide bonds. The van der Waals surface area contributed by atoms with E-state index in [0.29, 0.717) is 18.7 Å². The van der Waals surface area contributed by atoms with Crippen molar-refractivity contribution in [3.05, 3.63) is 47.3 Å². The van der Waals surface area contributed by atoms with Crippen LogP contribution in [-0.4, -0.2) is 48.0 Å². The van der Waals surface area contributed by atoms with E-state index in [0.717, 1.165) is 30.0 Å². The first kappa shape index (κ1) is 16.5. The number of benzene rings is 1. The molecule has 2 heterocycles. The van der Waals surface area contributed by atoms with Gasteiger partial charge in [-0.25, -0.2) is 0 Å². The Morgan fingerprint density at radius 1 is 1.46 bits per heavy atom. The number of rotatable bonds is 5. The van der Waals surface area contributed by atoms with Gasteiger partial charge in [-0.1, -0.05) is 18.2 Å². The molecule has 0 N–H and O–H groups in total. The number of nitrogens with zero attached hydrogens (tertiary/aromatic N) is 3. The normalized spacial score (nSPS) is 17.0. The van der Waals surface area contributed by atoms with Crippen LogP contribution < -0.4 is 4.74 Å². The molecule has 3 rings (SSSR count). The van der Waals surface area contributed by atoms with Gasteiger partial charge in [0, 0.05) is 44.9 Å². The SMILES string of the molecule is COc1ccccc1CN(C)C(=O)c1cn(C)nc1[C@@H]1CCOC1. The van der Waals surface area contributed by atoms with E-state index in [-0.39, 0.29) is 11.8 Å². The highest BCUT2D eigenvalue weighted by molar-refractivity contribution is 5.95. The van der Waals surface area contributed by atoms with Crippen molar-refractivity contribution in [2.75, 3.05) is 27.4 Å². The van der Waals surface area contributed by atoms with Gasteiger partial charge in [0.2, 0.25) is 0 Å². The van der Waals surface area contributed by atoms with Crippen LogP contribution >= 0.6 is 0 Å². The van der Waals surface area contributed by atoms with Gasteiger partial charge in [0.05, 0.1) is 25.0 Å². The molecule has 1 aromatic carbocycles. The van der Waals surface area contributed by atoms with Crippen LogP contribution in [-0.2, 0) is 18.3 Å². The maximum Gasteiger partial charge on any atom is 0.257 e. The molecule has 0 spiro atoms. The summed E-state index contributed by atoms with van der Waals surface area (Å²) in [5.41, 5.74) is 2.47. The van der Waals surface area contributed by atoms with E-state index in [9.17, 15) is 4.79 Å². The molecule has 0 saturated carbocycles. The topological polar surface area (TPSA) is 56.6 Å². The Hall–Kier alpha value is -2.34. The summed E-state index contributed by atoms with van der Waals surface area (Å²) in [4.78, 5) is 14.6. The molecule has 0 aliphatic carbocycles. The molecule has 1 saturated heterocycles. The number of carbonyl (C=O) groups is 1. The molecule has 2 aromatic rings. The van der Waals surface area contributed by atoms with Gasteiger partial charge in [0.25, 0.3) is 5.91 Å². The quantitative estimate of drug-likeness (QED) is 0.844. The first-order chi connectivity index (χ1) is 11.6. The first-order valence-corrected chi connectivity index (χ1v) is 8.08. The average molecular weight is 329 g/mol. The standard InChI is InChI=1S/C18H23N3O3/c1-20(10-13-6-4-5-7-16(13)23-3)18(22)15-11-21(2)19-17(15)14-8-9-24-12-14/h4-7,11,14H,8-10,12H2,1-3H3/t14-/m1/s1. The van der Waals surface area contributed by atoms with Crippen LogP contribution in [0.4, 0.5) is 0 Å². The van der Waals surface area contributed by atoms with Crippen LogP contribution in [0.5, 0.6) is 5.75 Å². The Labute approximate surface area is 142 Å². The van der Waals surface area contributed by atoms with E-state index >= 15 is 0 Å². The van der Waals surface area contributed by atoms with Crippen LogP contribution in [0.3, 0.4) is 0 Å². The Balaban J connectivity index is 1.81. The Morgan fingerprint density at radius 3 is 2.96 bits per heavy atom. The summed E-state index contributed by atoms with van der Waals surface area (Å²) >= 11 is 0. The van der Waals surface area contributed by atoms with Crippen molar-refractivity contribution in [3.63, 3.8) is 0 Å². The van der Waals surface area contributed by atoms with E-state index in [1.807, 2.05) is 31.3 Å². The van der Waals surface area contributed by atoms with Gasteiger partial charge in [0.15, 0.2) is 0 Å². The van der Waals surface area contributed by atoms with Gasteiger partial charge >= 0.3 is 0 Å². The fourth-order valence-corrected chi connectivity index (χ4v) is 3.09. The number of hydrogen-bond acceptors (Lipinski definition) is 4. The second kappa shape index (κ2) is 7.05. The maximum absolute atomic E-state index is 12.9. The summed E-state index contributed by atoms with van der Waals surface area (Å²) in [5, 5.41) is 4.50. The lowest BCUT2D eigenvalue weighted by Gasteiger charge is -2.19. The molecule has 24 heavy (non-hydrogen) atoms. The third-order valence-corrected chi connectivity index (χ3v) is 4.35. The first-order valence-electron chi connectivity index (χ1n) is 8.08. The summed E-state index contributed by atoms with van der Waals surface area (Å²) in [5.74, 6) is 0.952. The lowest BCUT2D eigenvalue weighted by Crippen LogP contribution is -2.27. The number of methoxy groups -OCH3 is 1. The molecule has 1 aliphatic rings. The minimum absolute atomic E-state index is 0.0316. The van der Waals surface area contributed by atoms with E-state index in [1.54, 1.807) is 29.9 Å². The predicted octanol–water partition coefficient (Wildman–Crippen LogP) is 2.20. The van der Waals surface area contributed by atoms with Gasteiger partial charge in [-0.2, -0.15) is 5.10 Å². The third-order valence-electron chi connectivity index (χ3n) is 4.35. The molecule has 128 valence electrons. The summed E-state index contributed by atoms with van der Waals surface area (Å²) in [6.07, 6.45) is 2.71. The van der Waals surface area contributed by atoms with Crippen LogP contribution in [0.1, 0.15) is 34.0 Å². The van der Waals surface area contributed by atoms with Crippen molar-refractivity contribution in [2.24, 2.45) is 7.05 Å². The van der Waals surface area contributed by atoms with E-state index in [4.69, 9.17) is 9.47 Å². The Morgan fingerprint density at radius 2 is 2.25 bits per heavy atom. The summed E-state index contributed by atoms with van der Waals surface area (Å²) < 4.78 is 12.5. The molecular weight excluding hydrogens is 306 g/mol. The zero-order chi connectivity index (χ0) is 17.1. The van der Waals surface area contributed by atoms with Crippen molar-refractivity contribution in [3.8, 4) is 5.75 Å². The summed E-state index contributed by atoms with van der Waals surface area (Å²) in [6, 6.07) is 7.74. The lowest BCUT2D eigenvalue weighted by atomic mass is 10.0. The average Bonchev–Trinajstić information content (AvgIpc) is 3.23. The number of carbonyl (C=O) groups excluding carboxylic acids is 1. The van der Waals surface area contributed by atoms with Crippen LogP contribution in [0.15, 0.2) is 30.5 Å². The van der Waals surface area contributed by atoms with E-state index < -0.39 is 0 Å². The molecular formula is C18H23N3O3. The van der Waals surface area contributed by atoms with Gasteiger partial charge in [-0.05, 0) is 12.5 Å². The molecule has 0 radical (unpaired) electrons. The minimum Gasteiger partial charge on any atom is -0.496 e. The van der Waals surface area contributed by atoms with Crippen LogP contribution in [0, 0.1) is 0 Å². The Kier molecular flexibility index (Phi) is 4.85. The van der Waals surface area contributed by atoms with Gasteiger partial charge < -0.3 is 14.4 Å². The molecule has 6 heteroatoms. The highest BCUT2D eigenvalue weighted by atomic mass is 16.5. The van der Waals surface area contributed by atoms with Crippen molar-refractivity contribution in [1.29, 1.82) is 0 Å². The molecule has 1 aromatic heterocycles. The maximum atomic E-state index is 12.9. The summed E-state index contributed by atoms with van der Waals surface area (Å²) in [6.45, 7) is 1.85. The second-order valence-electron chi connectivity index (χ2n) is 6.14. The zero-order valence-electron chi connectivity index (χ0n) is 14.4. The van der Waals surface area contributed by atoms with Crippen LogP contribution in [0.2, 0.25) is 0 Å². The van der Waals surface area contributed by atoms with Crippen molar-refractivity contribution in [2.45, 2.75) is 18.9 Å². The van der Waals surface area contributed by atoms with Crippen molar-refractivity contribution in [1.82, 2.24) is 14.7 Å². The molecule has 1 aliphatic heterocycles. The Bertz CT molecular complexity index is 720. The monoisotopic (exact) mass is 329 g/mol. The van der Waals surface area contributed by atoms with Gasteiger partial charge in [-0.15, -0.1) is 0 Å². The second-order valence-corrected chi connectivity index (χ2v) is 6.14.